The smallest absolute Gasteiger partial charge is 0.0728 e. The molecule has 0 spiro atoms. The lowest BCUT2D eigenvalue weighted by Gasteiger charge is -2.43. The lowest BCUT2D eigenvalue weighted by molar-refractivity contribution is -0.0312. The third-order valence-electron chi connectivity index (χ3n) is 6.22. The van der Waals surface area contributed by atoms with Gasteiger partial charge in [-0.1, -0.05) is 61.7 Å². The van der Waals surface area contributed by atoms with E-state index in [-0.39, 0.29) is 30.7 Å². The molecule has 4 rings (SSSR count). The molecule has 3 nitrogen and oxygen atoms in total. The van der Waals surface area contributed by atoms with Gasteiger partial charge < -0.3 is 15.3 Å². The molecule has 1 saturated heterocycles. The molecule has 1 atom stereocenters. The first kappa shape index (κ1) is 22.4. The first-order valence-corrected chi connectivity index (χ1v) is 9.89. The fraction of sp³-hybridized carbons (Fsp3) is 0.545. The molecule has 1 heterocycles. The molecule has 0 amide bonds. The molecule has 2 N–H and O–H groups in total. The maximum absolute atomic E-state index is 11.6. The molecule has 1 unspecified atom stereocenters. The minimum Gasteiger partial charge on any atom is -0.389 e. The highest BCUT2D eigenvalue weighted by Gasteiger charge is 2.40. The Kier molecular flexibility index (Phi) is 8.39. The summed E-state index contributed by atoms with van der Waals surface area (Å²) in [4.78, 5) is 2.54. The van der Waals surface area contributed by atoms with Crippen LogP contribution in [0, 0.1) is 0 Å². The zero-order valence-corrected chi connectivity index (χ0v) is 17.5. The molecular weight excluding hydrogens is 379 g/mol. The van der Waals surface area contributed by atoms with Crippen LogP contribution in [0.25, 0.3) is 10.8 Å². The lowest BCUT2D eigenvalue weighted by atomic mass is 9.71. The normalized spacial score (nSPS) is 21.1. The Labute approximate surface area is 175 Å². The van der Waals surface area contributed by atoms with Crippen molar-refractivity contribution < 1.29 is 5.11 Å². The van der Waals surface area contributed by atoms with Crippen LogP contribution < -0.4 is 5.32 Å². The molecule has 2 aliphatic rings. The molecule has 2 fully saturated rings. The summed E-state index contributed by atoms with van der Waals surface area (Å²) >= 11 is 0. The topological polar surface area (TPSA) is 35.5 Å². The highest BCUT2D eigenvalue weighted by Crippen LogP contribution is 2.42. The predicted molar refractivity (Wildman–Crippen MR) is 119 cm³/mol. The van der Waals surface area contributed by atoms with Crippen molar-refractivity contribution in [2.24, 2.45) is 0 Å². The maximum Gasteiger partial charge on any atom is 0.0728 e. The molecule has 150 valence electrons. The van der Waals surface area contributed by atoms with Gasteiger partial charge in [-0.15, -0.1) is 24.8 Å². The third-order valence-corrected chi connectivity index (χ3v) is 6.22. The number of benzene rings is 2. The largest absolute Gasteiger partial charge is 0.389 e. The van der Waals surface area contributed by atoms with Crippen LogP contribution in [-0.2, 0) is 0 Å². The zero-order valence-electron chi connectivity index (χ0n) is 15.9. The number of hydrogen-bond acceptors (Lipinski definition) is 3. The number of nitrogens with one attached hydrogen (secondary N) is 1. The average Bonchev–Trinajstić information content (AvgIpc) is 2.67. The van der Waals surface area contributed by atoms with Gasteiger partial charge in [0, 0.05) is 38.6 Å². The average molecular weight is 411 g/mol. The van der Waals surface area contributed by atoms with Gasteiger partial charge in [-0.25, -0.2) is 0 Å². The summed E-state index contributed by atoms with van der Waals surface area (Å²) < 4.78 is 0. The standard InChI is InChI=1S/C22H30N2O.2ClH/c25-22(11-4-1-5-12-22)21(17-24-15-13-23-14-16-24)20-10-6-8-18-7-2-3-9-19(18)20;;/h2-3,6-10,21,23,25H,1,4-5,11-17H2;2*1H. The fourth-order valence-electron chi connectivity index (χ4n) is 4.78. The van der Waals surface area contributed by atoms with Gasteiger partial charge in [0.25, 0.3) is 0 Å². The van der Waals surface area contributed by atoms with Gasteiger partial charge in [-0.2, -0.15) is 0 Å². The highest BCUT2D eigenvalue weighted by molar-refractivity contribution is 5.86. The van der Waals surface area contributed by atoms with Crippen LogP contribution in [-0.4, -0.2) is 48.3 Å². The first-order chi connectivity index (χ1) is 12.3. The fourth-order valence-corrected chi connectivity index (χ4v) is 4.78. The van der Waals surface area contributed by atoms with Gasteiger partial charge >= 0.3 is 0 Å². The van der Waals surface area contributed by atoms with Crippen LogP contribution in [0.1, 0.15) is 43.6 Å². The number of halogens is 2. The summed E-state index contributed by atoms with van der Waals surface area (Å²) in [5, 5.41) is 17.7. The van der Waals surface area contributed by atoms with Gasteiger partial charge in [-0.3, -0.25) is 0 Å². The van der Waals surface area contributed by atoms with E-state index in [1.807, 2.05) is 0 Å². The lowest BCUT2D eigenvalue weighted by Crippen LogP contribution is -2.49. The molecule has 2 aromatic carbocycles. The molecule has 2 aromatic rings. The Morgan fingerprint density at radius 3 is 2.33 bits per heavy atom. The van der Waals surface area contributed by atoms with Gasteiger partial charge in [0.2, 0.25) is 0 Å². The van der Waals surface area contributed by atoms with Crippen molar-refractivity contribution in [2.45, 2.75) is 43.6 Å². The minimum atomic E-state index is -0.562. The quantitative estimate of drug-likeness (QED) is 0.785. The number of rotatable bonds is 4. The van der Waals surface area contributed by atoms with Gasteiger partial charge in [-0.05, 0) is 29.2 Å². The van der Waals surface area contributed by atoms with Gasteiger partial charge in [0.1, 0.15) is 0 Å². The van der Waals surface area contributed by atoms with Crippen LogP contribution in [0.4, 0.5) is 0 Å². The molecule has 1 aliphatic heterocycles. The molecule has 1 saturated carbocycles. The van der Waals surface area contributed by atoms with E-state index in [1.165, 1.54) is 22.8 Å². The number of piperazine rings is 1. The summed E-state index contributed by atoms with van der Waals surface area (Å²) in [6, 6.07) is 15.2. The number of nitrogens with zero attached hydrogens (tertiary/aromatic N) is 1. The highest BCUT2D eigenvalue weighted by atomic mass is 35.5. The maximum atomic E-state index is 11.6. The van der Waals surface area contributed by atoms with Crippen molar-refractivity contribution in [3.8, 4) is 0 Å². The van der Waals surface area contributed by atoms with E-state index in [0.717, 1.165) is 58.4 Å². The Morgan fingerprint density at radius 2 is 1.59 bits per heavy atom. The molecule has 27 heavy (non-hydrogen) atoms. The van der Waals surface area contributed by atoms with E-state index in [1.54, 1.807) is 0 Å². The Morgan fingerprint density at radius 1 is 0.926 bits per heavy atom. The van der Waals surface area contributed by atoms with Crippen LogP contribution >= 0.6 is 24.8 Å². The zero-order chi connectivity index (χ0) is 17.1. The summed E-state index contributed by atoms with van der Waals surface area (Å²) in [7, 11) is 0. The van der Waals surface area contributed by atoms with Crippen molar-refractivity contribution in [3.63, 3.8) is 0 Å². The van der Waals surface area contributed by atoms with Crippen molar-refractivity contribution in [1.29, 1.82) is 0 Å². The number of hydrogen-bond donors (Lipinski definition) is 2. The monoisotopic (exact) mass is 410 g/mol. The van der Waals surface area contributed by atoms with Crippen LogP contribution in [0.15, 0.2) is 42.5 Å². The Bertz CT molecular complexity index is 707. The number of aliphatic hydroxyl groups is 1. The molecule has 1 aliphatic carbocycles. The molecular formula is C22H32Cl2N2O. The van der Waals surface area contributed by atoms with Crippen LogP contribution in [0.3, 0.4) is 0 Å². The van der Waals surface area contributed by atoms with Gasteiger partial charge in [0.05, 0.1) is 5.60 Å². The number of fused-ring (bicyclic) bond motifs is 1. The Balaban J connectivity index is 0.00000131. The van der Waals surface area contributed by atoms with E-state index in [4.69, 9.17) is 0 Å². The second kappa shape index (κ2) is 10.1. The van der Waals surface area contributed by atoms with Crippen LogP contribution in [0.2, 0.25) is 0 Å². The second-order valence-electron chi connectivity index (χ2n) is 7.84. The predicted octanol–water partition coefficient (Wildman–Crippen LogP) is 4.37. The van der Waals surface area contributed by atoms with Crippen molar-refractivity contribution in [1.82, 2.24) is 10.2 Å². The van der Waals surface area contributed by atoms with Crippen LogP contribution in [0.5, 0.6) is 0 Å². The summed E-state index contributed by atoms with van der Waals surface area (Å²) in [5.74, 6) is 0.192. The first-order valence-electron chi connectivity index (χ1n) is 9.89. The molecule has 5 heteroatoms. The van der Waals surface area contributed by atoms with Gasteiger partial charge in [0.15, 0.2) is 0 Å². The van der Waals surface area contributed by atoms with Crippen molar-refractivity contribution >= 4 is 35.6 Å². The van der Waals surface area contributed by atoms with Crippen molar-refractivity contribution in [2.75, 3.05) is 32.7 Å². The SMILES string of the molecule is Cl.Cl.OC1(C(CN2CCNCC2)c2cccc3ccccc23)CCCCC1. The summed E-state index contributed by atoms with van der Waals surface area (Å²) in [6.07, 6.45) is 5.44. The summed E-state index contributed by atoms with van der Waals surface area (Å²) in [5.41, 5.74) is 0.772. The van der Waals surface area contributed by atoms with E-state index in [0.29, 0.717) is 0 Å². The minimum absolute atomic E-state index is 0. The van der Waals surface area contributed by atoms with E-state index < -0.39 is 5.60 Å². The van der Waals surface area contributed by atoms with Crippen molar-refractivity contribution in [3.05, 3.63) is 48.0 Å². The van der Waals surface area contributed by atoms with E-state index in [9.17, 15) is 5.11 Å². The molecule has 0 bridgehead atoms. The second-order valence-corrected chi connectivity index (χ2v) is 7.84. The molecule has 0 aromatic heterocycles. The summed E-state index contributed by atoms with van der Waals surface area (Å²) in [6.45, 7) is 5.24. The molecule has 0 radical (unpaired) electrons. The third kappa shape index (κ3) is 4.96. The van der Waals surface area contributed by atoms with E-state index in [2.05, 4.69) is 52.7 Å². The van der Waals surface area contributed by atoms with E-state index >= 15 is 0 Å². The Hall–Kier alpha value is -0.840.